The molecule has 2 rings (SSSR count). The molecule has 0 amide bonds. The van der Waals surface area contributed by atoms with E-state index in [1.54, 1.807) is 23.1 Å². The van der Waals surface area contributed by atoms with Crippen molar-refractivity contribution in [1.82, 2.24) is 14.8 Å². The van der Waals surface area contributed by atoms with Gasteiger partial charge in [0.25, 0.3) is 5.69 Å². The van der Waals surface area contributed by atoms with Gasteiger partial charge in [-0.15, -0.1) is 0 Å². The van der Waals surface area contributed by atoms with Crippen molar-refractivity contribution in [2.45, 2.75) is 26.2 Å². The Bertz CT molecular complexity index is 567. The zero-order valence-electron chi connectivity index (χ0n) is 10.5. The zero-order chi connectivity index (χ0) is 13.3. The highest BCUT2D eigenvalue weighted by Crippen LogP contribution is 2.19. The van der Waals surface area contributed by atoms with Crippen LogP contribution >= 0.6 is 0 Å². The molecule has 1 heterocycles. The van der Waals surface area contributed by atoms with Crippen molar-refractivity contribution < 1.29 is 4.92 Å². The topological polar surface area (TPSA) is 73.8 Å². The number of nitro benzene ring substituents is 1. The molecule has 0 saturated heterocycles. The first-order valence-electron chi connectivity index (χ1n) is 5.55. The van der Waals surface area contributed by atoms with Gasteiger partial charge in [0.1, 0.15) is 6.33 Å². The first-order valence-corrected chi connectivity index (χ1v) is 5.55. The van der Waals surface area contributed by atoms with Gasteiger partial charge in [-0.2, -0.15) is 5.10 Å². The smallest absolute Gasteiger partial charge is 0.258 e. The minimum atomic E-state index is -0.425. The first kappa shape index (κ1) is 12.2. The highest BCUT2D eigenvalue weighted by atomic mass is 16.6. The van der Waals surface area contributed by atoms with Crippen LogP contribution < -0.4 is 0 Å². The SMILES string of the molecule is CC(C)(C)c1ncn(-c2ccc([N+](=O)[O-])cc2)n1. The molecular formula is C12H14N4O2. The van der Waals surface area contributed by atoms with E-state index in [0.717, 1.165) is 11.5 Å². The van der Waals surface area contributed by atoms with Crippen LogP contribution in [0.4, 0.5) is 5.69 Å². The third kappa shape index (κ3) is 2.37. The largest absolute Gasteiger partial charge is 0.269 e. The molecule has 0 unspecified atom stereocenters. The number of nitro groups is 1. The molecule has 94 valence electrons. The molecule has 0 spiro atoms. The number of benzene rings is 1. The maximum Gasteiger partial charge on any atom is 0.269 e. The summed E-state index contributed by atoms with van der Waals surface area (Å²) in [4.78, 5) is 14.4. The van der Waals surface area contributed by atoms with Crippen LogP contribution in [-0.2, 0) is 5.41 Å². The van der Waals surface area contributed by atoms with Crippen molar-refractivity contribution in [3.05, 3.63) is 46.5 Å². The Kier molecular flexibility index (Phi) is 2.86. The van der Waals surface area contributed by atoms with Crippen molar-refractivity contribution in [3.63, 3.8) is 0 Å². The molecule has 0 radical (unpaired) electrons. The van der Waals surface area contributed by atoms with E-state index < -0.39 is 4.92 Å². The summed E-state index contributed by atoms with van der Waals surface area (Å²) in [5.41, 5.74) is 0.699. The molecule has 0 N–H and O–H groups in total. The Morgan fingerprint density at radius 1 is 1.22 bits per heavy atom. The van der Waals surface area contributed by atoms with Crippen LogP contribution in [0, 0.1) is 10.1 Å². The second-order valence-corrected chi connectivity index (χ2v) is 5.04. The lowest BCUT2D eigenvalue weighted by atomic mass is 9.96. The van der Waals surface area contributed by atoms with Gasteiger partial charge in [-0.05, 0) is 12.1 Å². The second-order valence-electron chi connectivity index (χ2n) is 5.04. The number of aromatic nitrogens is 3. The van der Waals surface area contributed by atoms with Gasteiger partial charge in [0, 0.05) is 17.5 Å². The van der Waals surface area contributed by atoms with Crippen LogP contribution in [0.5, 0.6) is 0 Å². The molecule has 0 aliphatic rings. The maximum atomic E-state index is 10.6. The number of non-ortho nitro benzene ring substituents is 1. The van der Waals surface area contributed by atoms with Crippen LogP contribution in [0.2, 0.25) is 0 Å². The van der Waals surface area contributed by atoms with Crippen molar-refractivity contribution in [2.75, 3.05) is 0 Å². The Hall–Kier alpha value is -2.24. The fourth-order valence-electron chi connectivity index (χ4n) is 1.46. The zero-order valence-corrected chi connectivity index (χ0v) is 10.5. The summed E-state index contributed by atoms with van der Waals surface area (Å²) in [7, 11) is 0. The van der Waals surface area contributed by atoms with Gasteiger partial charge < -0.3 is 0 Å². The molecule has 0 aliphatic carbocycles. The van der Waals surface area contributed by atoms with Crippen LogP contribution in [-0.4, -0.2) is 19.7 Å². The molecule has 0 bridgehead atoms. The van der Waals surface area contributed by atoms with E-state index in [2.05, 4.69) is 10.1 Å². The van der Waals surface area contributed by atoms with Crippen molar-refractivity contribution in [3.8, 4) is 5.69 Å². The molecule has 0 atom stereocenters. The minimum Gasteiger partial charge on any atom is -0.258 e. The van der Waals surface area contributed by atoms with Crippen LogP contribution in [0.3, 0.4) is 0 Å². The Labute approximate surface area is 104 Å². The highest BCUT2D eigenvalue weighted by molar-refractivity contribution is 5.40. The van der Waals surface area contributed by atoms with Crippen molar-refractivity contribution in [2.24, 2.45) is 0 Å². The predicted octanol–water partition coefficient (Wildman–Crippen LogP) is 2.47. The van der Waals surface area contributed by atoms with E-state index in [4.69, 9.17) is 0 Å². The fraction of sp³-hybridized carbons (Fsp3) is 0.333. The molecular weight excluding hydrogens is 232 g/mol. The summed E-state index contributed by atoms with van der Waals surface area (Å²) in [6.45, 7) is 6.09. The van der Waals surface area contributed by atoms with Crippen LogP contribution in [0.15, 0.2) is 30.6 Å². The normalized spacial score (nSPS) is 11.5. The third-order valence-electron chi connectivity index (χ3n) is 2.49. The minimum absolute atomic E-state index is 0.0647. The lowest BCUT2D eigenvalue weighted by molar-refractivity contribution is -0.384. The number of nitrogens with zero attached hydrogens (tertiary/aromatic N) is 4. The lowest BCUT2D eigenvalue weighted by Crippen LogP contribution is -2.14. The Morgan fingerprint density at radius 2 is 1.83 bits per heavy atom. The Balaban J connectivity index is 2.32. The number of hydrogen-bond donors (Lipinski definition) is 0. The van der Waals surface area contributed by atoms with E-state index >= 15 is 0 Å². The summed E-state index contributed by atoms with van der Waals surface area (Å²) in [6.07, 6.45) is 1.61. The maximum absolute atomic E-state index is 10.6. The van der Waals surface area contributed by atoms with E-state index in [9.17, 15) is 10.1 Å². The van der Waals surface area contributed by atoms with Crippen LogP contribution in [0.1, 0.15) is 26.6 Å². The quantitative estimate of drug-likeness (QED) is 0.602. The summed E-state index contributed by atoms with van der Waals surface area (Å²) in [5, 5.41) is 14.9. The van der Waals surface area contributed by atoms with E-state index in [1.807, 2.05) is 20.8 Å². The van der Waals surface area contributed by atoms with Gasteiger partial charge >= 0.3 is 0 Å². The molecule has 0 saturated carbocycles. The number of rotatable bonds is 2. The van der Waals surface area contributed by atoms with Gasteiger partial charge in [-0.25, -0.2) is 9.67 Å². The summed E-state index contributed by atoms with van der Waals surface area (Å²) < 4.78 is 1.62. The first-order chi connectivity index (χ1) is 8.38. The van der Waals surface area contributed by atoms with Gasteiger partial charge in [0.2, 0.25) is 0 Å². The van der Waals surface area contributed by atoms with Gasteiger partial charge in [-0.3, -0.25) is 10.1 Å². The standard InChI is InChI=1S/C12H14N4O2/c1-12(2,3)11-13-8-15(14-11)9-4-6-10(7-5-9)16(17)18/h4-8H,1-3H3. The van der Waals surface area contributed by atoms with Crippen molar-refractivity contribution in [1.29, 1.82) is 0 Å². The van der Waals surface area contributed by atoms with Gasteiger partial charge in [0.05, 0.1) is 10.6 Å². The summed E-state index contributed by atoms with van der Waals surface area (Å²) >= 11 is 0. The molecule has 0 fully saturated rings. The lowest BCUT2D eigenvalue weighted by Gasteiger charge is -2.12. The van der Waals surface area contributed by atoms with Crippen molar-refractivity contribution >= 4 is 5.69 Å². The molecule has 2 aromatic rings. The fourth-order valence-corrected chi connectivity index (χ4v) is 1.46. The molecule has 1 aromatic carbocycles. The van der Waals surface area contributed by atoms with E-state index in [0.29, 0.717) is 0 Å². The Morgan fingerprint density at radius 3 is 2.28 bits per heavy atom. The number of hydrogen-bond acceptors (Lipinski definition) is 4. The van der Waals surface area contributed by atoms with E-state index in [-0.39, 0.29) is 11.1 Å². The van der Waals surface area contributed by atoms with Gasteiger partial charge in [0.15, 0.2) is 5.82 Å². The van der Waals surface area contributed by atoms with Gasteiger partial charge in [-0.1, -0.05) is 20.8 Å². The molecule has 0 aliphatic heterocycles. The molecule has 6 heteroatoms. The average molecular weight is 246 g/mol. The molecule has 18 heavy (non-hydrogen) atoms. The molecule has 6 nitrogen and oxygen atoms in total. The second kappa shape index (κ2) is 4.21. The third-order valence-corrected chi connectivity index (χ3v) is 2.49. The summed E-state index contributed by atoms with van der Waals surface area (Å²) in [6, 6.07) is 6.21. The summed E-state index contributed by atoms with van der Waals surface area (Å²) in [5.74, 6) is 0.737. The molecule has 1 aromatic heterocycles. The van der Waals surface area contributed by atoms with Crippen LogP contribution in [0.25, 0.3) is 5.69 Å². The van der Waals surface area contributed by atoms with E-state index in [1.165, 1.54) is 12.1 Å². The average Bonchev–Trinajstić information content (AvgIpc) is 2.78. The monoisotopic (exact) mass is 246 g/mol. The predicted molar refractivity (Wildman–Crippen MR) is 66.7 cm³/mol. The highest BCUT2D eigenvalue weighted by Gasteiger charge is 2.19.